The molecule has 2 atom stereocenters. The summed E-state index contributed by atoms with van der Waals surface area (Å²) in [5.74, 6) is 2.71. The Morgan fingerprint density at radius 1 is 1.24 bits per heavy atom. The second kappa shape index (κ2) is 11.0. The van der Waals surface area contributed by atoms with E-state index < -0.39 is 0 Å². The van der Waals surface area contributed by atoms with Gasteiger partial charge in [0.05, 0.1) is 5.69 Å². The van der Waals surface area contributed by atoms with Crippen LogP contribution >= 0.6 is 24.0 Å². The first-order valence-corrected chi connectivity index (χ1v) is 9.44. The van der Waals surface area contributed by atoms with Crippen LogP contribution in [-0.2, 0) is 13.5 Å². The third-order valence-corrected chi connectivity index (χ3v) is 5.44. The molecule has 1 saturated carbocycles. The zero-order valence-electron chi connectivity index (χ0n) is 16.6. The van der Waals surface area contributed by atoms with Gasteiger partial charge < -0.3 is 10.6 Å². The van der Waals surface area contributed by atoms with Gasteiger partial charge in [0.15, 0.2) is 5.96 Å². The molecule has 6 heteroatoms. The van der Waals surface area contributed by atoms with Crippen molar-refractivity contribution in [3.63, 3.8) is 0 Å². The van der Waals surface area contributed by atoms with Gasteiger partial charge in [-0.15, -0.1) is 24.0 Å². The summed E-state index contributed by atoms with van der Waals surface area (Å²) in [5.41, 5.74) is 3.73. The number of nitrogens with one attached hydrogen (secondary N) is 2. The number of nitrogens with zero attached hydrogens (tertiary/aromatic N) is 3. The summed E-state index contributed by atoms with van der Waals surface area (Å²) in [6.45, 7) is 8.51. The lowest BCUT2D eigenvalue weighted by Crippen LogP contribution is -2.39. The van der Waals surface area contributed by atoms with E-state index in [-0.39, 0.29) is 24.0 Å². The summed E-state index contributed by atoms with van der Waals surface area (Å²) in [7, 11) is 3.85. The second-order valence-electron chi connectivity index (χ2n) is 7.38. The maximum Gasteiger partial charge on any atom is 0.190 e. The molecule has 0 bridgehead atoms. The summed E-state index contributed by atoms with van der Waals surface area (Å²) in [6.07, 6.45) is 7.85. The van der Waals surface area contributed by atoms with Crippen molar-refractivity contribution < 1.29 is 0 Å². The Morgan fingerprint density at radius 3 is 2.56 bits per heavy atom. The Bertz CT molecular complexity index is 552. The maximum absolute atomic E-state index is 4.48. The molecule has 0 saturated heterocycles. The predicted octanol–water partition coefficient (Wildman–Crippen LogP) is 3.58. The Balaban J connectivity index is 0.00000312. The van der Waals surface area contributed by atoms with Crippen LogP contribution in [0.2, 0.25) is 0 Å². The molecule has 0 amide bonds. The van der Waals surface area contributed by atoms with Gasteiger partial charge in [-0.1, -0.05) is 26.2 Å². The van der Waals surface area contributed by atoms with Crippen LogP contribution in [0, 0.1) is 25.7 Å². The van der Waals surface area contributed by atoms with Gasteiger partial charge in [-0.2, -0.15) is 5.10 Å². The van der Waals surface area contributed by atoms with Gasteiger partial charge in [0, 0.05) is 32.9 Å². The van der Waals surface area contributed by atoms with E-state index in [4.69, 9.17) is 0 Å². The third-order valence-electron chi connectivity index (χ3n) is 5.44. The predicted molar refractivity (Wildman–Crippen MR) is 117 cm³/mol. The number of hydrogen-bond donors (Lipinski definition) is 2. The van der Waals surface area contributed by atoms with E-state index in [9.17, 15) is 0 Å². The highest BCUT2D eigenvalue weighted by Crippen LogP contribution is 2.30. The fourth-order valence-corrected chi connectivity index (χ4v) is 3.92. The van der Waals surface area contributed by atoms with Gasteiger partial charge >= 0.3 is 0 Å². The normalized spacial score (nSPS) is 20.9. The van der Waals surface area contributed by atoms with Crippen molar-refractivity contribution in [1.82, 2.24) is 20.4 Å². The SMILES string of the molecule is CN=C(NCCc1c(C)nn(C)c1C)NCCC1CCCC(C)C1.I. The van der Waals surface area contributed by atoms with Crippen LogP contribution in [0.15, 0.2) is 4.99 Å². The van der Waals surface area contributed by atoms with Crippen LogP contribution in [0.4, 0.5) is 0 Å². The Kier molecular flexibility index (Phi) is 9.82. The number of aryl methyl sites for hydroxylation is 2. The van der Waals surface area contributed by atoms with Crippen molar-refractivity contribution >= 4 is 29.9 Å². The average Bonchev–Trinajstić information content (AvgIpc) is 2.79. The minimum Gasteiger partial charge on any atom is -0.356 e. The molecular weight excluding hydrogens is 425 g/mol. The van der Waals surface area contributed by atoms with Crippen molar-refractivity contribution in [2.24, 2.45) is 23.9 Å². The van der Waals surface area contributed by atoms with E-state index in [1.807, 2.05) is 18.8 Å². The lowest BCUT2D eigenvalue weighted by molar-refractivity contribution is 0.270. The highest BCUT2D eigenvalue weighted by molar-refractivity contribution is 14.0. The molecule has 5 nitrogen and oxygen atoms in total. The zero-order chi connectivity index (χ0) is 17.5. The topological polar surface area (TPSA) is 54.2 Å². The second-order valence-corrected chi connectivity index (χ2v) is 7.38. The van der Waals surface area contributed by atoms with Crippen molar-refractivity contribution in [2.75, 3.05) is 20.1 Å². The van der Waals surface area contributed by atoms with Gasteiger partial charge in [-0.25, -0.2) is 0 Å². The molecule has 0 spiro atoms. The molecule has 1 aliphatic carbocycles. The van der Waals surface area contributed by atoms with Gasteiger partial charge in [0.2, 0.25) is 0 Å². The number of aliphatic imine (C=N–C) groups is 1. The molecule has 2 N–H and O–H groups in total. The molecule has 1 aliphatic rings. The highest BCUT2D eigenvalue weighted by Gasteiger charge is 2.18. The fourth-order valence-electron chi connectivity index (χ4n) is 3.92. The smallest absolute Gasteiger partial charge is 0.190 e. The number of guanidine groups is 1. The van der Waals surface area contributed by atoms with E-state index in [2.05, 4.69) is 41.5 Å². The summed E-state index contributed by atoms with van der Waals surface area (Å²) in [5, 5.41) is 11.4. The Hall–Kier alpha value is -0.790. The fraction of sp³-hybridized carbons (Fsp3) is 0.789. The van der Waals surface area contributed by atoms with Gasteiger partial charge in [-0.3, -0.25) is 9.67 Å². The van der Waals surface area contributed by atoms with Gasteiger partial charge in [0.25, 0.3) is 0 Å². The summed E-state index contributed by atoms with van der Waals surface area (Å²) < 4.78 is 1.96. The van der Waals surface area contributed by atoms with Gasteiger partial charge in [0.1, 0.15) is 0 Å². The molecule has 0 aromatic carbocycles. The minimum absolute atomic E-state index is 0. The Morgan fingerprint density at radius 2 is 1.96 bits per heavy atom. The van der Waals surface area contributed by atoms with Crippen LogP contribution in [0.5, 0.6) is 0 Å². The first kappa shape index (κ1) is 22.3. The van der Waals surface area contributed by atoms with Crippen LogP contribution in [0.1, 0.15) is 56.0 Å². The summed E-state index contributed by atoms with van der Waals surface area (Å²) in [4.78, 5) is 4.34. The maximum atomic E-state index is 4.48. The van der Waals surface area contributed by atoms with Crippen molar-refractivity contribution in [2.45, 2.75) is 59.3 Å². The van der Waals surface area contributed by atoms with E-state index >= 15 is 0 Å². The number of rotatable bonds is 6. The molecule has 144 valence electrons. The number of halogens is 1. The largest absolute Gasteiger partial charge is 0.356 e. The molecule has 2 rings (SSSR count). The van der Waals surface area contributed by atoms with Crippen molar-refractivity contribution in [3.05, 3.63) is 17.0 Å². The first-order valence-electron chi connectivity index (χ1n) is 9.44. The first-order chi connectivity index (χ1) is 11.5. The molecule has 1 fully saturated rings. The van der Waals surface area contributed by atoms with Crippen LogP contribution < -0.4 is 10.6 Å². The quantitative estimate of drug-likeness (QED) is 0.387. The molecule has 0 radical (unpaired) electrons. The van der Waals surface area contributed by atoms with Crippen LogP contribution in [0.25, 0.3) is 0 Å². The highest BCUT2D eigenvalue weighted by atomic mass is 127. The molecular formula is C19H36IN5. The number of hydrogen-bond acceptors (Lipinski definition) is 2. The average molecular weight is 461 g/mol. The van der Waals surface area contributed by atoms with Crippen molar-refractivity contribution in [1.29, 1.82) is 0 Å². The summed E-state index contributed by atoms with van der Waals surface area (Å²) >= 11 is 0. The van der Waals surface area contributed by atoms with E-state index in [1.54, 1.807) is 0 Å². The van der Waals surface area contributed by atoms with E-state index in [1.165, 1.54) is 43.4 Å². The van der Waals surface area contributed by atoms with Crippen LogP contribution in [-0.4, -0.2) is 35.9 Å². The molecule has 0 aliphatic heterocycles. The monoisotopic (exact) mass is 461 g/mol. The molecule has 2 unspecified atom stereocenters. The minimum atomic E-state index is 0. The van der Waals surface area contributed by atoms with Crippen LogP contribution in [0.3, 0.4) is 0 Å². The standard InChI is InChI=1S/C19H35N5.HI/c1-14-7-6-8-17(13-14)9-11-21-19(20-4)22-12-10-18-15(2)23-24(5)16(18)3;/h14,17H,6-13H2,1-5H3,(H2,20,21,22);1H. The molecule has 25 heavy (non-hydrogen) atoms. The lowest BCUT2D eigenvalue weighted by Gasteiger charge is -2.26. The van der Waals surface area contributed by atoms with E-state index in [0.717, 1.165) is 43.0 Å². The van der Waals surface area contributed by atoms with Gasteiger partial charge in [-0.05, 0) is 50.5 Å². The molecule has 1 aromatic heterocycles. The molecule has 1 heterocycles. The zero-order valence-corrected chi connectivity index (χ0v) is 18.9. The van der Waals surface area contributed by atoms with E-state index in [0.29, 0.717) is 0 Å². The third kappa shape index (κ3) is 6.79. The summed E-state index contributed by atoms with van der Waals surface area (Å²) in [6, 6.07) is 0. The molecule has 1 aromatic rings. The van der Waals surface area contributed by atoms with Crippen molar-refractivity contribution in [3.8, 4) is 0 Å². The Labute approximate surface area is 170 Å². The number of aromatic nitrogens is 2. The lowest BCUT2D eigenvalue weighted by atomic mass is 9.81.